The van der Waals surface area contributed by atoms with Crippen LogP contribution in [0.3, 0.4) is 0 Å². The van der Waals surface area contributed by atoms with Gasteiger partial charge in [0, 0.05) is 37.1 Å². The summed E-state index contributed by atoms with van der Waals surface area (Å²) in [5.41, 5.74) is 2.46. The van der Waals surface area contributed by atoms with Gasteiger partial charge in [-0.25, -0.2) is 4.98 Å². The van der Waals surface area contributed by atoms with Gasteiger partial charge in [-0.2, -0.15) is 0 Å². The summed E-state index contributed by atoms with van der Waals surface area (Å²) >= 11 is 1.74. The van der Waals surface area contributed by atoms with Crippen LogP contribution in [-0.2, 0) is 12.8 Å². The molecule has 0 bridgehead atoms. The van der Waals surface area contributed by atoms with Gasteiger partial charge in [0.05, 0.1) is 12.1 Å². The van der Waals surface area contributed by atoms with Crippen LogP contribution in [0.5, 0.6) is 5.75 Å². The number of aryl methyl sites for hydroxylation is 2. The summed E-state index contributed by atoms with van der Waals surface area (Å²) in [6.45, 7) is 8.64. The van der Waals surface area contributed by atoms with Crippen LogP contribution in [0.4, 0.5) is 0 Å². The number of ether oxygens (including phenoxy) is 1. The smallest absolute Gasteiger partial charge is 0.191 e. The summed E-state index contributed by atoms with van der Waals surface area (Å²) in [6.07, 6.45) is 3.68. The Labute approximate surface area is 177 Å². The molecule has 2 rings (SSSR count). The molecule has 0 radical (unpaired) electrons. The fourth-order valence-electron chi connectivity index (χ4n) is 2.54. The zero-order valence-corrected chi connectivity index (χ0v) is 19.1. The molecule has 7 heteroatoms. The van der Waals surface area contributed by atoms with Crippen LogP contribution < -0.4 is 15.4 Å². The highest BCUT2D eigenvalue weighted by Gasteiger charge is 2.04. The second-order valence-electron chi connectivity index (χ2n) is 5.87. The highest BCUT2D eigenvalue weighted by molar-refractivity contribution is 14.0. The van der Waals surface area contributed by atoms with Crippen molar-refractivity contribution in [2.75, 3.05) is 26.7 Å². The van der Waals surface area contributed by atoms with E-state index in [0.717, 1.165) is 49.2 Å². The SMILES string of the molecule is CCNC(=NCCc1ncc(C)s1)NCCc1cc(C)ccc1OC.I. The van der Waals surface area contributed by atoms with Gasteiger partial charge >= 0.3 is 0 Å². The van der Waals surface area contributed by atoms with E-state index in [4.69, 9.17) is 4.74 Å². The zero-order chi connectivity index (χ0) is 18.1. The lowest BCUT2D eigenvalue weighted by Gasteiger charge is -2.13. The zero-order valence-electron chi connectivity index (χ0n) is 16.0. The van der Waals surface area contributed by atoms with E-state index in [9.17, 15) is 0 Å². The van der Waals surface area contributed by atoms with Crippen molar-refractivity contribution >= 4 is 41.3 Å². The normalized spacial score (nSPS) is 11.0. The first-order chi connectivity index (χ1) is 12.1. The summed E-state index contributed by atoms with van der Waals surface area (Å²) in [5, 5.41) is 7.83. The van der Waals surface area contributed by atoms with Gasteiger partial charge in [0.1, 0.15) is 5.75 Å². The van der Waals surface area contributed by atoms with Crippen LogP contribution in [0.2, 0.25) is 0 Å². The molecule has 1 aromatic carbocycles. The van der Waals surface area contributed by atoms with E-state index in [1.54, 1.807) is 18.4 Å². The molecular formula is C19H29IN4OS. The molecule has 5 nitrogen and oxygen atoms in total. The Bertz CT molecular complexity index is 703. The Balaban J connectivity index is 0.00000338. The monoisotopic (exact) mass is 488 g/mol. The van der Waals surface area contributed by atoms with Gasteiger partial charge in [-0.3, -0.25) is 4.99 Å². The first kappa shape index (κ1) is 22.7. The fourth-order valence-corrected chi connectivity index (χ4v) is 3.32. The topological polar surface area (TPSA) is 58.5 Å². The fraction of sp³-hybridized carbons (Fsp3) is 0.474. The Morgan fingerprint density at radius 2 is 2.04 bits per heavy atom. The van der Waals surface area contributed by atoms with Gasteiger partial charge in [0.2, 0.25) is 0 Å². The van der Waals surface area contributed by atoms with Gasteiger partial charge in [-0.05, 0) is 38.8 Å². The molecule has 0 aliphatic carbocycles. The molecular weight excluding hydrogens is 459 g/mol. The maximum atomic E-state index is 5.44. The molecule has 0 saturated carbocycles. The van der Waals surface area contributed by atoms with Crippen molar-refractivity contribution in [1.82, 2.24) is 15.6 Å². The predicted octanol–water partition coefficient (Wildman–Crippen LogP) is 3.73. The minimum atomic E-state index is 0. The molecule has 1 heterocycles. The molecule has 0 atom stereocenters. The third-order valence-corrected chi connectivity index (χ3v) is 4.70. The number of nitrogens with zero attached hydrogens (tertiary/aromatic N) is 2. The lowest BCUT2D eigenvalue weighted by Crippen LogP contribution is -2.38. The van der Waals surface area contributed by atoms with Crippen LogP contribution in [0, 0.1) is 13.8 Å². The molecule has 0 aliphatic heterocycles. The van der Waals surface area contributed by atoms with Crippen LogP contribution >= 0.6 is 35.3 Å². The quantitative estimate of drug-likeness (QED) is 0.338. The van der Waals surface area contributed by atoms with Crippen molar-refractivity contribution in [2.45, 2.75) is 33.6 Å². The van der Waals surface area contributed by atoms with Crippen molar-refractivity contribution in [1.29, 1.82) is 0 Å². The van der Waals surface area contributed by atoms with E-state index in [1.807, 2.05) is 12.3 Å². The first-order valence-corrected chi connectivity index (χ1v) is 9.51. The number of nitrogens with one attached hydrogen (secondary N) is 2. The molecule has 144 valence electrons. The van der Waals surface area contributed by atoms with Gasteiger partial charge in [0.25, 0.3) is 0 Å². The van der Waals surface area contributed by atoms with Gasteiger partial charge in [-0.15, -0.1) is 35.3 Å². The number of rotatable bonds is 8. The lowest BCUT2D eigenvalue weighted by atomic mass is 10.1. The molecule has 1 aromatic heterocycles. The van der Waals surface area contributed by atoms with Crippen LogP contribution in [0.15, 0.2) is 29.4 Å². The third-order valence-electron chi connectivity index (χ3n) is 3.73. The molecule has 2 N–H and O–H groups in total. The number of halogens is 1. The molecule has 0 saturated heterocycles. The second kappa shape index (κ2) is 12.1. The van der Waals surface area contributed by atoms with E-state index >= 15 is 0 Å². The second-order valence-corrected chi connectivity index (χ2v) is 7.19. The number of hydrogen-bond donors (Lipinski definition) is 2. The van der Waals surface area contributed by atoms with E-state index in [0.29, 0.717) is 0 Å². The summed E-state index contributed by atoms with van der Waals surface area (Å²) in [6, 6.07) is 6.27. The number of methoxy groups -OCH3 is 1. The Kier molecular flexibility index (Phi) is 10.6. The molecule has 0 fully saturated rings. The molecule has 26 heavy (non-hydrogen) atoms. The first-order valence-electron chi connectivity index (χ1n) is 8.69. The minimum Gasteiger partial charge on any atom is -0.496 e. The van der Waals surface area contributed by atoms with Gasteiger partial charge in [0.15, 0.2) is 5.96 Å². The Morgan fingerprint density at radius 1 is 1.23 bits per heavy atom. The van der Waals surface area contributed by atoms with Crippen molar-refractivity contribution in [2.24, 2.45) is 4.99 Å². The highest BCUT2D eigenvalue weighted by Crippen LogP contribution is 2.19. The lowest BCUT2D eigenvalue weighted by molar-refractivity contribution is 0.409. The van der Waals surface area contributed by atoms with Crippen molar-refractivity contribution < 1.29 is 4.74 Å². The largest absolute Gasteiger partial charge is 0.496 e. The standard InChI is InChI=1S/C19H28N4OS.HI/c1-5-20-19(22-11-9-18-23-13-15(3)25-18)21-10-8-16-12-14(2)6-7-17(16)24-4;/h6-7,12-13H,5,8-11H2,1-4H3,(H2,20,21,22);1H. The maximum Gasteiger partial charge on any atom is 0.191 e. The number of hydrogen-bond acceptors (Lipinski definition) is 4. The summed E-state index contributed by atoms with van der Waals surface area (Å²) in [5.74, 6) is 1.79. The van der Waals surface area contributed by atoms with E-state index < -0.39 is 0 Å². The number of aromatic nitrogens is 1. The summed E-state index contributed by atoms with van der Waals surface area (Å²) in [7, 11) is 1.72. The average Bonchev–Trinajstić information content (AvgIpc) is 3.00. The molecule has 0 unspecified atom stereocenters. The highest BCUT2D eigenvalue weighted by atomic mass is 127. The number of guanidine groups is 1. The molecule has 0 amide bonds. The van der Waals surface area contributed by atoms with Crippen LogP contribution in [0.1, 0.15) is 27.9 Å². The van der Waals surface area contributed by atoms with Gasteiger partial charge in [-0.1, -0.05) is 17.7 Å². The van der Waals surface area contributed by atoms with E-state index in [2.05, 4.69) is 53.5 Å². The molecule has 0 aliphatic rings. The summed E-state index contributed by atoms with van der Waals surface area (Å²) < 4.78 is 5.44. The molecule has 2 aromatic rings. The summed E-state index contributed by atoms with van der Waals surface area (Å²) in [4.78, 5) is 10.3. The molecule has 0 spiro atoms. The van der Waals surface area contributed by atoms with Crippen LogP contribution in [0.25, 0.3) is 0 Å². The average molecular weight is 488 g/mol. The van der Waals surface area contributed by atoms with E-state index in [1.165, 1.54) is 16.0 Å². The number of aliphatic imine (C=N–C) groups is 1. The Morgan fingerprint density at radius 3 is 2.69 bits per heavy atom. The van der Waals surface area contributed by atoms with Crippen molar-refractivity contribution in [3.63, 3.8) is 0 Å². The van der Waals surface area contributed by atoms with Gasteiger partial charge < -0.3 is 15.4 Å². The van der Waals surface area contributed by atoms with E-state index in [-0.39, 0.29) is 24.0 Å². The van der Waals surface area contributed by atoms with Crippen molar-refractivity contribution in [3.05, 3.63) is 45.4 Å². The Hall–Kier alpha value is -1.35. The number of thiazole rings is 1. The van der Waals surface area contributed by atoms with Crippen molar-refractivity contribution in [3.8, 4) is 5.75 Å². The minimum absolute atomic E-state index is 0. The maximum absolute atomic E-state index is 5.44. The predicted molar refractivity (Wildman–Crippen MR) is 121 cm³/mol. The third kappa shape index (κ3) is 7.49. The number of benzene rings is 1. The van der Waals surface area contributed by atoms with Crippen LogP contribution in [-0.4, -0.2) is 37.7 Å².